The van der Waals surface area contributed by atoms with E-state index in [4.69, 9.17) is 20.7 Å². The second-order valence-electron chi connectivity index (χ2n) is 8.15. The van der Waals surface area contributed by atoms with Crippen molar-refractivity contribution in [2.75, 3.05) is 18.5 Å². The standard InChI is InChI=1S/C23H18F2N6OS.C2H6O2/c1-11-3-4-14(10-27-11)20-15-6-7-16-22(33-23(29-16)28-12(2)32)21(15)31(30-20)17-8-5-13(9-26)18(24)19(17)25;3-1-2-4/h3-5,8-10,26H,6-7H2,1-2H3,(H,28,29,32);3-4H,1-2H2. The molecule has 0 aliphatic heterocycles. The summed E-state index contributed by atoms with van der Waals surface area (Å²) in [4.78, 5) is 21.2. The fraction of sp³-hybridized carbons (Fsp3) is 0.240. The average Bonchev–Trinajstić information content (AvgIpc) is 3.47. The van der Waals surface area contributed by atoms with Crippen molar-refractivity contribution in [3.05, 3.63) is 64.6 Å². The summed E-state index contributed by atoms with van der Waals surface area (Å²) in [6, 6.07) is 6.53. The van der Waals surface area contributed by atoms with Crippen LogP contribution in [0.4, 0.5) is 13.9 Å². The molecule has 0 fully saturated rings. The number of thiazole rings is 1. The van der Waals surface area contributed by atoms with Gasteiger partial charge in [-0.05, 0) is 44.0 Å². The van der Waals surface area contributed by atoms with Gasteiger partial charge in [0.15, 0.2) is 16.8 Å². The quantitative estimate of drug-likeness (QED) is 0.293. The van der Waals surface area contributed by atoms with Gasteiger partial charge in [-0.2, -0.15) is 5.10 Å². The molecule has 37 heavy (non-hydrogen) atoms. The molecule has 0 radical (unpaired) electrons. The minimum Gasteiger partial charge on any atom is -0.394 e. The molecule has 1 aliphatic carbocycles. The number of nitrogens with one attached hydrogen (secondary N) is 2. The highest BCUT2D eigenvalue weighted by molar-refractivity contribution is 7.19. The van der Waals surface area contributed by atoms with E-state index in [1.807, 2.05) is 19.1 Å². The molecule has 1 aromatic carbocycles. The van der Waals surface area contributed by atoms with E-state index in [1.54, 1.807) is 6.20 Å². The van der Waals surface area contributed by atoms with E-state index in [2.05, 4.69) is 15.3 Å². The summed E-state index contributed by atoms with van der Waals surface area (Å²) in [7, 11) is 0. The Morgan fingerprint density at radius 1 is 1.19 bits per heavy atom. The van der Waals surface area contributed by atoms with Crippen LogP contribution in [0.15, 0.2) is 30.5 Å². The number of benzene rings is 1. The van der Waals surface area contributed by atoms with Gasteiger partial charge in [0.1, 0.15) is 5.69 Å². The highest BCUT2D eigenvalue weighted by Gasteiger charge is 2.31. The van der Waals surface area contributed by atoms with Gasteiger partial charge in [0, 0.05) is 41.7 Å². The Hall–Kier alpha value is -3.87. The van der Waals surface area contributed by atoms with Crippen LogP contribution in [0.2, 0.25) is 0 Å². The first-order valence-corrected chi connectivity index (χ1v) is 12.1. The lowest BCUT2D eigenvalue weighted by atomic mass is 9.95. The van der Waals surface area contributed by atoms with Crippen molar-refractivity contribution >= 4 is 28.6 Å². The topological polar surface area (TPSA) is 137 Å². The van der Waals surface area contributed by atoms with Crippen LogP contribution < -0.4 is 5.32 Å². The summed E-state index contributed by atoms with van der Waals surface area (Å²) >= 11 is 1.27. The number of halogens is 2. The average molecular weight is 527 g/mol. The number of aryl methyl sites for hydroxylation is 2. The minimum atomic E-state index is -1.11. The molecule has 0 atom stereocenters. The number of hydrogen-bond acceptors (Lipinski definition) is 8. The zero-order valence-electron chi connectivity index (χ0n) is 20.0. The van der Waals surface area contributed by atoms with E-state index in [0.29, 0.717) is 29.4 Å². The SMILES string of the molecule is CC(=O)Nc1nc2c(s1)-c1c(c(-c3ccc(C)nc3)nn1-c1ccc(C=N)c(F)c1F)CC2.OCCO. The lowest BCUT2D eigenvalue weighted by molar-refractivity contribution is -0.114. The summed E-state index contributed by atoms with van der Waals surface area (Å²) in [5.74, 6) is -2.44. The van der Waals surface area contributed by atoms with Gasteiger partial charge in [0.05, 0.1) is 35.2 Å². The minimum absolute atomic E-state index is 0.0667. The van der Waals surface area contributed by atoms with Crippen LogP contribution in [0.5, 0.6) is 0 Å². The summed E-state index contributed by atoms with van der Waals surface area (Å²) in [6.45, 7) is 3.04. The number of hydrogen-bond donors (Lipinski definition) is 4. The first-order chi connectivity index (χ1) is 17.8. The number of amides is 1. The molecule has 4 N–H and O–H groups in total. The molecular weight excluding hydrogens is 502 g/mol. The van der Waals surface area contributed by atoms with Crippen molar-refractivity contribution in [2.45, 2.75) is 26.7 Å². The van der Waals surface area contributed by atoms with Crippen LogP contribution in [-0.2, 0) is 17.6 Å². The smallest absolute Gasteiger partial charge is 0.223 e. The number of rotatable bonds is 5. The second-order valence-corrected chi connectivity index (χ2v) is 9.14. The van der Waals surface area contributed by atoms with Crippen LogP contribution in [0, 0.1) is 24.0 Å². The molecule has 5 rings (SSSR count). The molecule has 0 spiro atoms. The van der Waals surface area contributed by atoms with E-state index < -0.39 is 11.6 Å². The van der Waals surface area contributed by atoms with E-state index >= 15 is 4.39 Å². The summed E-state index contributed by atoms with van der Waals surface area (Å²) < 4.78 is 31.1. The number of aromatic nitrogens is 4. The number of aliphatic hydroxyl groups is 2. The Kier molecular flexibility index (Phi) is 7.81. The first-order valence-electron chi connectivity index (χ1n) is 11.3. The number of carbonyl (C=O) groups is 1. The highest BCUT2D eigenvalue weighted by Crippen LogP contribution is 2.44. The first kappa shape index (κ1) is 26.2. The molecule has 0 saturated carbocycles. The second kappa shape index (κ2) is 11.0. The molecule has 0 unspecified atom stereocenters. The third-order valence-corrected chi connectivity index (χ3v) is 6.57. The Morgan fingerprint density at radius 3 is 2.57 bits per heavy atom. The number of anilines is 1. The van der Waals surface area contributed by atoms with Crippen LogP contribution >= 0.6 is 11.3 Å². The normalized spacial score (nSPS) is 11.7. The lowest BCUT2D eigenvalue weighted by Crippen LogP contribution is -2.09. The predicted molar refractivity (Wildman–Crippen MR) is 136 cm³/mol. The molecule has 1 amide bonds. The Labute approximate surface area is 215 Å². The number of nitrogens with zero attached hydrogens (tertiary/aromatic N) is 4. The highest BCUT2D eigenvalue weighted by atomic mass is 32.1. The van der Waals surface area contributed by atoms with Crippen LogP contribution in [0.1, 0.15) is 29.4 Å². The fourth-order valence-electron chi connectivity index (χ4n) is 3.92. The van der Waals surface area contributed by atoms with E-state index in [-0.39, 0.29) is 30.4 Å². The van der Waals surface area contributed by atoms with Gasteiger partial charge in [0.2, 0.25) is 5.91 Å². The summed E-state index contributed by atoms with van der Waals surface area (Å²) in [5.41, 5.74) is 4.30. The summed E-state index contributed by atoms with van der Waals surface area (Å²) in [6.07, 6.45) is 3.70. The molecule has 9 nitrogen and oxygen atoms in total. The molecule has 12 heteroatoms. The van der Waals surface area contributed by atoms with Crippen molar-refractivity contribution in [3.8, 4) is 27.5 Å². The Morgan fingerprint density at radius 2 is 1.95 bits per heavy atom. The van der Waals surface area contributed by atoms with Gasteiger partial charge in [-0.25, -0.2) is 18.4 Å². The van der Waals surface area contributed by atoms with Crippen molar-refractivity contribution in [1.82, 2.24) is 19.7 Å². The maximum absolute atomic E-state index is 15.1. The molecule has 4 aromatic rings. The lowest BCUT2D eigenvalue weighted by Gasteiger charge is -2.15. The van der Waals surface area contributed by atoms with Gasteiger partial charge in [-0.3, -0.25) is 9.78 Å². The molecule has 3 aromatic heterocycles. The number of carbonyl (C=O) groups excluding carboxylic acids is 1. The number of aliphatic hydroxyl groups excluding tert-OH is 2. The molecule has 0 saturated heterocycles. The molecule has 3 heterocycles. The van der Waals surface area contributed by atoms with Crippen molar-refractivity contribution in [2.24, 2.45) is 0 Å². The van der Waals surface area contributed by atoms with Crippen LogP contribution in [-0.4, -0.2) is 55.3 Å². The Balaban J connectivity index is 0.000000747. The molecule has 1 aliphatic rings. The van der Waals surface area contributed by atoms with Crippen molar-refractivity contribution in [1.29, 1.82) is 5.41 Å². The van der Waals surface area contributed by atoms with Crippen molar-refractivity contribution < 1.29 is 23.8 Å². The third kappa shape index (κ3) is 5.17. The third-order valence-electron chi connectivity index (χ3n) is 5.55. The van der Waals surface area contributed by atoms with E-state index in [1.165, 1.54) is 35.1 Å². The van der Waals surface area contributed by atoms with E-state index in [9.17, 15) is 9.18 Å². The largest absolute Gasteiger partial charge is 0.394 e. The number of pyridine rings is 1. The maximum Gasteiger partial charge on any atom is 0.223 e. The molecule has 192 valence electrons. The van der Waals surface area contributed by atoms with Crippen LogP contribution in [0.25, 0.3) is 27.5 Å². The Bertz CT molecular complexity index is 1460. The maximum atomic E-state index is 15.1. The van der Waals surface area contributed by atoms with Gasteiger partial charge in [0.25, 0.3) is 0 Å². The zero-order chi connectivity index (χ0) is 26.7. The van der Waals surface area contributed by atoms with Gasteiger partial charge in [-0.15, -0.1) is 0 Å². The monoisotopic (exact) mass is 526 g/mol. The van der Waals surface area contributed by atoms with Crippen molar-refractivity contribution in [3.63, 3.8) is 0 Å². The fourth-order valence-corrected chi connectivity index (χ4v) is 5.03. The zero-order valence-corrected chi connectivity index (χ0v) is 20.9. The molecular formula is C25H24F2N6O3S. The summed E-state index contributed by atoms with van der Waals surface area (Å²) in [5, 5.41) is 30.4. The number of fused-ring (bicyclic) bond motifs is 3. The van der Waals surface area contributed by atoms with E-state index in [0.717, 1.165) is 33.6 Å². The van der Waals surface area contributed by atoms with Gasteiger partial charge >= 0.3 is 0 Å². The molecule has 0 bridgehead atoms. The van der Waals surface area contributed by atoms with Gasteiger partial charge < -0.3 is 20.9 Å². The van der Waals surface area contributed by atoms with Gasteiger partial charge in [-0.1, -0.05) is 11.3 Å². The van der Waals surface area contributed by atoms with Crippen LogP contribution in [0.3, 0.4) is 0 Å². The predicted octanol–water partition coefficient (Wildman–Crippen LogP) is 3.67.